The molecule has 0 spiro atoms. The van der Waals surface area contributed by atoms with E-state index in [-0.39, 0.29) is 23.3 Å². The molecule has 0 bridgehead atoms. The molecule has 2 N–H and O–H groups in total. The molecule has 0 radical (unpaired) electrons. The van der Waals surface area contributed by atoms with E-state index in [2.05, 4.69) is 15.5 Å². The number of amides is 2. The summed E-state index contributed by atoms with van der Waals surface area (Å²) in [5.74, 6) is -0.247. The van der Waals surface area contributed by atoms with E-state index >= 15 is 0 Å². The molecule has 1 aromatic heterocycles. The lowest BCUT2D eigenvalue weighted by atomic mass is 9.93. The summed E-state index contributed by atoms with van der Waals surface area (Å²) in [7, 11) is 0. The van der Waals surface area contributed by atoms with Crippen molar-refractivity contribution in [2.24, 2.45) is 5.92 Å². The summed E-state index contributed by atoms with van der Waals surface area (Å²) in [6.45, 7) is 1.79. The maximum atomic E-state index is 13.8. The van der Waals surface area contributed by atoms with Crippen LogP contribution in [0.4, 0.5) is 11.4 Å². The van der Waals surface area contributed by atoms with E-state index in [9.17, 15) is 14.4 Å². The van der Waals surface area contributed by atoms with Gasteiger partial charge in [0, 0.05) is 29.0 Å². The van der Waals surface area contributed by atoms with Crippen molar-refractivity contribution >= 4 is 34.0 Å². The molecule has 1 aliphatic carbocycles. The number of benzene rings is 3. The molecular weight excluding hydrogens is 440 g/mol. The largest absolute Gasteiger partial charge is 0.338 e. The van der Waals surface area contributed by atoms with Crippen LogP contribution in [0.5, 0.6) is 0 Å². The van der Waals surface area contributed by atoms with E-state index in [0.717, 1.165) is 46.4 Å². The molecule has 2 heterocycles. The Morgan fingerprint density at radius 2 is 1.77 bits per heavy atom. The number of nitrogens with one attached hydrogen (secondary N) is 2. The van der Waals surface area contributed by atoms with Crippen LogP contribution in [0.25, 0.3) is 10.8 Å². The molecule has 0 saturated heterocycles. The molecule has 1 unspecified atom stereocenters. The Morgan fingerprint density at radius 3 is 2.57 bits per heavy atom. The van der Waals surface area contributed by atoms with Crippen molar-refractivity contribution in [1.82, 2.24) is 15.5 Å². The second-order valence-corrected chi connectivity index (χ2v) is 9.44. The molecule has 6 rings (SSSR count). The second kappa shape index (κ2) is 7.91. The van der Waals surface area contributed by atoms with Crippen molar-refractivity contribution in [2.75, 3.05) is 4.90 Å². The van der Waals surface area contributed by atoms with Crippen molar-refractivity contribution in [3.05, 3.63) is 100.0 Å². The molecule has 3 aromatic carbocycles. The first-order valence-electron chi connectivity index (χ1n) is 11.8. The van der Waals surface area contributed by atoms with Gasteiger partial charge in [-0.3, -0.25) is 19.3 Å². The summed E-state index contributed by atoms with van der Waals surface area (Å²) in [6.07, 6.45) is 2.23. The molecule has 2 aliphatic rings. The van der Waals surface area contributed by atoms with Crippen LogP contribution in [-0.2, 0) is 21.5 Å². The van der Waals surface area contributed by atoms with Gasteiger partial charge < -0.3 is 5.32 Å². The maximum absolute atomic E-state index is 13.8. The third kappa shape index (κ3) is 3.51. The van der Waals surface area contributed by atoms with E-state index in [1.54, 1.807) is 17.9 Å². The van der Waals surface area contributed by atoms with Crippen LogP contribution in [0.1, 0.15) is 36.6 Å². The summed E-state index contributed by atoms with van der Waals surface area (Å²) < 4.78 is 0. The number of carbonyl (C=O) groups is 2. The van der Waals surface area contributed by atoms with Crippen LogP contribution in [0.15, 0.2) is 77.6 Å². The highest BCUT2D eigenvalue weighted by atomic mass is 16.2. The third-order valence-electron chi connectivity index (χ3n) is 6.95. The fourth-order valence-electron chi connectivity index (χ4n) is 4.92. The molecule has 35 heavy (non-hydrogen) atoms. The number of para-hydroxylation sites is 1. The normalized spacial score (nSPS) is 19.1. The molecule has 7 heteroatoms. The summed E-state index contributed by atoms with van der Waals surface area (Å²) in [5.41, 5.74) is 2.64. The zero-order valence-corrected chi connectivity index (χ0v) is 19.2. The first-order chi connectivity index (χ1) is 17.0. The SMILES string of the molecule is CC1(NC(=O)C2CC2)C(=O)N(c2cccc(Cc3n[nH]c(=O)c4ccccc34)c2)c2ccccc21. The van der Waals surface area contributed by atoms with Crippen molar-refractivity contribution in [1.29, 1.82) is 0 Å². The van der Waals surface area contributed by atoms with Gasteiger partial charge in [-0.2, -0.15) is 5.10 Å². The van der Waals surface area contributed by atoms with Gasteiger partial charge in [-0.15, -0.1) is 0 Å². The third-order valence-corrected chi connectivity index (χ3v) is 6.95. The summed E-state index contributed by atoms with van der Waals surface area (Å²) in [4.78, 5) is 40.3. The first-order valence-corrected chi connectivity index (χ1v) is 11.8. The Kier molecular flexibility index (Phi) is 4.81. The van der Waals surface area contributed by atoms with Crippen molar-refractivity contribution in [2.45, 2.75) is 31.7 Å². The highest BCUT2D eigenvalue weighted by Gasteiger charge is 2.50. The monoisotopic (exact) mass is 464 g/mol. The topological polar surface area (TPSA) is 95.2 Å². The molecule has 2 amide bonds. The molecular formula is C28H24N4O3. The second-order valence-electron chi connectivity index (χ2n) is 9.44. The smallest absolute Gasteiger partial charge is 0.272 e. The zero-order chi connectivity index (χ0) is 24.2. The molecule has 4 aromatic rings. The van der Waals surface area contributed by atoms with E-state index in [1.165, 1.54) is 0 Å². The van der Waals surface area contributed by atoms with Crippen LogP contribution in [-0.4, -0.2) is 22.0 Å². The van der Waals surface area contributed by atoms with Gasteiger partial charge in [0.1, 0.15) is 5.54 Å². The van der Waals surface area contributed by atoms with Crippen LogP contribution in [0.3, 0.4) is 0 Å². The Hall–Kier alpha value is -4.26. The zero-order valence-electron chi connectivity index (χ0n) is 19.2. The lowest BCUT2D eigenvalue weighted by Gasteiger charge is -2.26. The Balaban J connectivity index is 1.37. The fourth-order valence-corrected chi connectivity index (χ4v) is 4.92. The number of hydrogen-bond donors (Lipinski definition) is 2. The Labute approximate surface area is 201 Å². The summed E-state index contributed by atoms with van der Waals surface area (Å²) in [5, 5.41) is 11.3. The number of nitrogens with zero attached hydrogens (tertiary/aromatic N) is 2. The first kappa shape index (κ1) is 21.3. The predicted molar refractivity (Wildman–Crippen MR) is 133 cm³/mol. The van der Waals surface area contributed by atoms with Crippen LogP contribution in [0, 0.1) is 5.92 Å². The van der Waals surface area contributed by atoms with Gasteiger partial charge in [-0.25, -0.2) is 5.10 Å². The van der Waals surface area contributed by atoms with Crippen LogP contribution >= 0.6 is 0 Å². The van der Waals surface area contributed by atoms with Crippen LogP contribution < -0.4 is 15.8 Å². The highest BCUT2D eigenvalue weighted by molar-refractivity contribution is 6.13. The highest BCUT2D eigenvalue weighted by Crippen LogP contribution is 2.45. The molecule has 1 aliphatic heterocycles. The maximum Gasteiger partial charge on any atom is 0.272 e. The number of aromatic nitrogens is 2. The number of rotatable bonds is 5. The van der Waals surface area contributed by atoms with Gasteiger partial charge in [0.05, 0.1) is 16.8 Å². The molecule has 1 fully saturated rings. The number of anilines is 2. The molecule has 174 valence electrons. The van der Waals surface area contributed by atoms with Crippen molar-refractivity contribution in [3.8, 4) is 0 Å². The van der Waals surface area contributed by atoms with Gasteiger partial charge in [0.2, 0.25) is 5.91 Å². The fraction of sp³-hybridized carbons (Fsp3) is 0.214. The Morgan fingerprint density at radius 1 is 1.03 bits per heavy atom. The van der Waals surface area contributed by atoms with Crippen molar-refractivity contribution in [3.63, 3.8) is 0 Å². The summed E-state index contributed by atoms with van der Waals surface area (Å²) >= 11 is 0. The minimum absolute atomic E-state index is 0.00352. The average Bonchev–Trinajstić information content (AvgIpc) is 3.70. The number of H-pyrrole nitrogens is 1. The van der Waals surface area contributed by atoms with E-state index in [0.29, 0.717) is 11.8 Å². The van der Waals surface area contributed by atoms with E-state index < -0.39 is 5.54 Å². The number of aromatic amines is 1. The quantitative estimate of drug-likeness (QED) is 0.468. The van der Waals surface area contributed by atoms with Gasteiger partial charge in [-0.05, 0) is 49.6 Å². The predicted octanol–water partition coefficient (Wildman–Crippen LogP) is 3.93. The minimum atomic E-state index is -1.12. The average molecular weight is 465 g/mol. The van der Waals surface area contributed by atoms with Crippen molar-refractivity contribution < 1.29 is 9.59 Å². The Bertz CT molecular complexity index is 1560. The van der Waals surface area contributed by atoms with Gasteiger partial charge in [-0.1, -0.05) is 48.5 Å². The number of carbonyl (C=O) groups excluding carboxylic acids is 2. The van der Waals surface area contributed by atoms with Crippen LogP contribution in [0.2, 0.25) is 0 Å². The van der Waals surface area contributed by atoms with E-state index in [1.807, 2.05) is 66.7 Å². The molecule has 7 nitrogen and oxygen atoms in total. The van der Waals surface area contributed by atoms with Gasteiger partial charge in [0.25, 0.3) is 11.5 Å². The van der Waals surface area contributed by atoms with Gasteiger partial charge in [0.15, 0.2) is 0 Å². The summed E-state index contributed by atoms with van der Waals surface area (Å²) in [6, 6.07) is 22.7. The lowest BCUT2D eigenvalue weighted by molar-refractivity contribution is -0.131. The molecule has 1 saturated carbocycles. The standard InChI is InChI=1S/C28H24N4O3/c1-28(29-25(33)18-13-14-18)22-11-4-5-12-24(22)32(27(28)35)19-8-6-7-17(15-19)16-23-20-9-2-3-10-21(20)26(34)31-30-23/h2-12,15,18H,13-14,16H2,1H3,(H,29,33)(H,31,34). The van der Waals surface area contributed by atoms with E-state index in [4.69, 9.17) is 0 Å². The minimum Gasteiger partial charge on any atom is -0.338 e. The van der Waals surface area contributed by atoms with Gasteiger partial charge >= 0.3 is 0 Å². The number of fused-ring (bicyclic) bond motifs is 2. The lowest BCUT2D eigenvalue weighted by Crippen LogP contribution is -2.50. The number of hydrogen-bond acceptors (Lipinski definition) is 4. The molecule has 1 atom stereocenters.